The maximum atomic E-state index is 13.5. The molecule has 2 aromatic rings. The molecule has 0 heterocycles. The van der Waals surface area contributed by atoms with E-state index in [1.807, 2.05) is 31.2 Å². The van der Waals surface area contributed by atoms with Crippen molar-refractivity contribution >= 4 is 17.3 Å². The van der Waals surface area contributed by atoms with Crippen LogP contribution in [0.2, 0.25) is 0 Å². The average molecular weight is 272 g/mol. The number of carbonyl (C=O) groups excluding carboxylic acids is 1. The third-order valence-corrected chi connectivity index (χ3v) is 2.93. The van der Waals surface area contributed by atoms with Gasteiger partial charge in [0, 0.05) is 5.69 Å². The fourth-order valence-corrected chi connectivity index (χ4v) is 1.85. The molecule has 2 rings (SSSR count). The first-order valence-electron chi connectivity index (χ1n) is 6.45. The molecular weight excluding hydrogens is 255 g/mol. The van der Waals surface area contributed by atoms with Crippen LogP contribution in [-0.2, 0) is 4.79 Å². The Morgan fingerprint density at radius 2 is 1.90 bits per heavy atom. The van der Waals surface area contributed by atoms with Crippen molar-refractivity contribution in [1.82, 2.24) is 0 Å². The van der Waals surface area contributed by atoms with Gasteiger partial charge < -0.3 is 10.6 Å². The van der Waals surface area contributed by atoms with E-state index in [2.05, 4.69) is 10.6 Å². The molecule has 0 bridgehead atoms. The summed E-state index contributed by atoms with van der Waals surface area (Å²) in [5.74, 6) is -0.722. The van der Waals surface area contributed by atoms with E-state index in [-0.39, 0.29) is 11.6 Å². The van der Waals surface area contributed by atoms with Gasteiger partial charge in [0.1, 0.15) is 11.9 Å². The van der Waals surface area contributed by atoms with Gasteiger partial charge in [0.25, 0.3) is 0 Å². The van der Waals surface area contributed by atoms with Gasteiger partial charge in [-0.05, 0) is 43.7 Å². The van der Waals surface area contributed by atoms with Gasteiger partial charge in [-0.25, -0.2) is 4.39 Å². The zero-order valence-corrected chi connectivity index (χ0v) is 11.5. The fourth-order valence-electron chi connectivity index (χ4n) is 1.85. The first kappa shape index (κ1) is 14.1. The molecule has 2 aromatic carbocycles. The second kappa shape index (κ2) is 6.19. The third kappa shape index (κ3) is 3.57. The summed E-state index contributed by atoms with van der Waals surface area (Å²) in [4.78, 5) is 12.0. The van der Waals surface area contributed by atoms with Gasteiger partial charge in [0.15, 0.2) is 0 Å². The van der Waals surface area contributed by atoms with Gasteiger partial charge in [-0.2, -0.15) is 0 Å². The summed E-state index contributed by atoms with van der Waals surface area (Å²) < 4.78 is 13.5. The minimum Gasteiger partial charge on any atom is -0.374 e. The summed E-state index contributed by atoms with van der Waals surface area (Å²) in [5.41, 5.74) is 2.16. The number of para-hydroxylation sites is 1. The van der Waals surface area contributed by atoms with Gasteiger partial charge in [-0.1, -0.05) is 24.3 Å². The molecule has 0 fully saturated rings. The van der Waals surface area contributed by atoms with Gasteiger partial charge in [-0.3, -0.25) is 4.79 Å². The molecule has 0 radical (unpaired) electrons. The molecule has 0 saturated heterocycles. The lowest BCUT2D eigenvalue weighted by Gasteiger charge is -2.16. The molecule has 0 aliphatic carbocycles. The van der Waals surface area contributed by atoms with Crippen molar-refractivity contribution in [2.75, 3.05) is 10.6 Å². The molecule has 0 aromatic heterocycles. The molecule has 20 heavy (non-hydrogen) atoms. The molecule has 0 aliphatic heterocycles. The van der Waals surface area contributed by atoms with Crippen molar-refractivity contribution in [3.8, 4) is 0 Å². The molecule has 4 heteroatoms. The molecule has 0 saturated carbocycles. The molecule has 0 aliphatic rings. The first-order valence-corrected chi connectivity index (χ1v) is 6.45. The fraction of sp³-hybridized carbons (Fsp3) is 0.188. The minimum atomic E-state index is -0.462. The van der Waals surface area contributed by atoms with E-state index in [0.717, 1.165) is 11.3 Å². The second-order valence-corrected chi connectivity index (χ2v) is 4.70. The van der Waals surface area contributed by atoms with Gasteiger partial charge in [0.05, 0.1) is 5.69 Å². The van der Waals surface area contributed by atoms with Crippen LogP contribution in [0.4, 0.5) is 15.8 Å². The number of halogens is 1. The molecular formula is C16H17FN2O. The predicted molar refractivity (Wildman–Crippen MR) is 79.3 cm³/mol. The van der Waals surface area contributed by atoms with Crippen molar-refractivity contribution in [2.24, 2.45) is 0 Å². The molecule has 2 N–H and O–H groups in total. The van der Waals surface area contributed by atoms with Gasteiger partial charge in [-0.15, -0.1) is 0 Å². The number of anilines is 2. The number of hydrogen-bond acceptors (Lipinski definition) is 2. The Kier molecular flexibility index (Phi) is 4.35. The van der Waals surface area contributed by atoms with Crippen LogP contribution in [0, 0.1) is 12.7 Å². The Labute approximate surface area is 117 Å². The Morgan fingerprint density at radius 1 is 1.15 bits per heavy atom. The Balaban J connectivity index is 2.01. The van der Waals surface area contributed by atoms with E-state index in [4.69, 9.17) is 0 Å². The highest BCUT2D eigenvalue weighted by Gasteiger charge is 2.14. The van der Waals surface area contributed by atoms with Crippen LogP contribution < -0.4 is 10.6 Å². The van der Waals surface area contributed by atoms with E-state index in [1.165, 1.54) is 12.1 Å². The minimum absolute atomic E-state index is 0.190. The van der Waals surface area contributed by atoms with Crippen molar-refractivity contribution in [3.05, 3.63) is 59.9 Å². The topological polar surface area (TPSA) is 41.1 Å². The van der Waals surface area contributed by atoms with Crippen molar-refractivity contribution in [3.63, 3.8) is 0 Å². The highest BCUT2D eigenvalue weighted by molar-refractivity contribution is 5.96. The van der Waals surface area contributed by atoms with Crippen LogP contribution >= 0.6 is 0 Å². The zero-order valence-electron chi connectivity index (χ0n) is 11.5. The van der Waals surface area contributed by atoms with Crippen LogP contribution in [0.1, 0.15) is 12.5 Å². The summed E-state index contributed by atoms with van der Waals surface area (Å²) in [7, 11) is 0. The summed E-state index contributed by atoms with van der Waals surface area (Å²) >= 11 is 0. The van der Waals surface area contributed by atoms with E-state index < -0.39 is 11.9 Å². The maximum Gasteiger partial charge on any atom is 0.246 e. The van der Waals surface area contributed by atoms with E-state index in [9.17, 15) is 9.18 Å². The lowest BCUT2D eigenvalue weighted by atomic mass is 10.2. The quantitative estimate of drug-likeness (QED) is 0.893. The normalized spacial score (nSPS) is 11.8. The third-order valence-electron chi connectivity index (χ3n) is 2.93. The maximum absolute atomic E-state index is 13.5. The number of carbonyl (C=O) groups is 1. The number of amides is 1. The average Bonchev–Trinajstić information content (AvgIpc) is 2.41. The van der Waals surface area contributed by atoms with Crippen molar-refractivity contribution < 1.29 is 9.18 Å². The van der Waals surface area contributed by atoms with Crippen LogP contribution in [-0.4, -0.2) is 11.9 Å². The van der Waals surface area contributed by atoms with Crippen LogP contribution in [0.15, 0.2) is 48.5 Å². The number of nitrogens with one attached hydrogen (secondary N) is 2. The van der Waals surface area contributed by atoms with E-state index >= 15 is 0 Å². The number of aryl methyl sites for hydroxylation is 1. The zero-order chi connectivity index (χ0) is 14.5. The molecule has 3 nitrogen and oxygen atoms in total. The second-order valence-electron chi connectivity index (χ2n) is 4.70. The molecule has 0 spiro atoms. The molecule has 104 valence electrons. The molecule has 1 amide bonds. The van der Waals surface area contributed by atoms with Crippen molar-refractivity contribution in [2.45, 2.75) is 19.9 Å². The van der Waals surface area contributed by atoms with E-state index in [0.29, 0.717) is 0 Å². The molecule has 0 unspecified atom stereocenters. The highest BCUT2D eigenvalue weighted by Crippen LogP contribution is 2.14. The standard InChI is InChI=1S/C16H17FN2O/c1-11-6-5-7-13(10-11)18-12(2)16(20)19-15-9-4-3-8-14(15)17/h3-10,12,18H,1-2H3,(H,19,20)/t12-/m1/s1. The lowest BCUT2D eigenvalue weighted by Crippen LogP contribution is -2.32. The van der Waals surface area contributed by atoms with Crippen LogP contribution in [0.5, 0.6) is 0 Å². The summed E-state index contributed by atoms with van der Waals surface area (Å²) in [6, 6.07) is 13.4. The predicted octanol–water partition coefficient (Wildman–Crippen LogP) is 3.57. The highest BCUT2D eigenvalue weighted by atomic mass is 19.1. The Hall–Kier alpha value is -2.36. The van der Waals surface area contributed by atoms with Gasteiger partial charge >= 0.3 is 0 Å². The Morgan fingerprint density at radius 3 is 2.60 bits per heavy atom. The lowest BCUT2D eigenvalue weighted by molar-refractivity contribution is -0.116. The number of rotatable bonds is 4. The van der Waals surface area contributed by atoms with Crippen LogP contribution in [0.3, 0.4) is 0 Å². The number of hydrogen-bond donors (Lipinski definition) is 2. The number of benzene rings is 2. The van der Waals surface area contributed by atoms with Crippen molar-refractivity contribution in [1.29, 1.82) is 0 Å². The smallest absolute Gasteiger partial charge is 0.246 e. The molecule has 1 atom stereocenters. The summed E-state index contributed by atoms with van der Waals surface area (Å²) in [6.07, 6.45) is 0. The summed E-state index contributed by atoms with van der Waals surface area (Å²) in [6.45, 7) is 3.72. The summed E-state index contributed by atoms with van der Waals surface area (Å²) in [5, 5.41) is 5.66. The van der Waals surface area contributed by atoms with Crippen LogP contribution in [0.25, 0.3) is 0 Å². The monoisotopic (exact) mass is 272 g/mol. The SMILES string of the molecule is Cc1cccc(N[C@H](C)C(=O)Nc2ccccc2F)c1. The van der Waals surface area contributed by atoms with E-state index in [1.54, 1.807) is 19.1 Å². The first-order chi connectivity index (χ1) is 9.56. The Bertz CT molecular complexity index is 613. The largest absolute Gasteiger partial charge is 0.374 e. The van der Waals surface area contributed by atoms with Gasteiger partial charge in [0.2, 0.25) is 5.91 Å².